The molecule has 1 fully saturated rings. The lowest BCUT2D eigenvalue weighted by molar-refractivity contribution is 0.0998. The average molecular weight is 524 g/mol. The van der Waals surface area contributed by atoms with Crippen molar-refractivity contribution in [1.29, 1.82) is 0 Å². The van der Waals surface area contributed by atoms with Gasteiger partial charge in [-0.2, -0.15) is 4.31 Å². The van der Waals surface area contributed by atoms with Crippen molar-refractivity contribution in [2.75, 3.05) is 18.4 Å². The minimum absolute atomic E-state index is 0.273. The van der Waals surface area contributed by atoms with Crippen LogP contribution in [-0.4, -0.2) is 36.7 Å². The molecule has 0 radical (unpaired) electrons. The van der Waals surface area contributed by atoms with Crippen LogP contribution >= 0.6 is 11.3 Å². The number of aromatic nitrogens is 1. The molecule has 9 heteroatoms. The summed E-state index contributed by atoms with van der Waals surface area (Å²) in [7, 11) is -3.50. The molecule has 1 N–H and O–H groups in total. The van der Waals surface area contributed by atoms with Crippen molar-refractivity contribution in [2.24, 2.45) is 0 Å². The molecule has 36 heavy (non-hydrogen) atoms. The fourth-order valence-corrected chi connectivity index (χ4v) is 6.77. The third-order valence-corrected chi connectivity index (χ3v) is 9.51. The van der Waals surface area contributed by atoms with Crippen molar-refractivity contribution in [3.63, 3.8) is 0 Å². The highest BCUT2D eigenvalue weighted by molar-refractivity contribution is 7.89. The first-order chi connectivity index (χ1) is 17.2. The monoisotopic (exact) mass is 523 g/mol. The number of carbonyl (C=O) groups excluding carboxylic acids is 1. The van der Waals surface area contributed by atoms with Gasteiger partial charge in [-0.1, -0.05) is 25.0 Å². The molecule has 5 rings (SSSR count). The third kappa shape index (κ3) is 4.70. The number of furan rings is 1. The summed E-state index contributed by atoms with van der Waals surface area (Å²) >= 11 is 1.31. The smallest absolute Gasteiger partial charge is 0.293 e. The minimum Gasteiger partial charge on any atom is -0.451 e. The molecular formula is C27H29N3O4S2. The second-order valence-electron chi connectivity index (χ2n) is 9.32. The van der Waals surface area contributed by atoms with E-state index in [1.54, 1.807) is 28.6 Å². The molecule has 0 unspecified atom stereocenters. The zero-order valence-corrected chi connectivity index (χ0v) is 22.3. The van der Waals surface area contributed by atoms with E-state index in [-0.39, 0.29) is 11.7 Å². The topological polar surface area (TPSA) is 92.5 Å². The average Bonchev–Trinajstić information content (AvgIpc) is 3.32. The molecule has 2 aromatic carbocycles. The Hall–Kier alpha value is -3.01. The van der Waals surface area contributed by atoms with Gasteiger partial charge in [0.1, 0.15) is 5.58 Å². The van der Waals surface area contributed by atoms with Crippen LogP contribution in [0.15, 0.2) is 51.1 Å². The van der Waals surface area contributed by atoms with E-state index in [9.17, 15) is 13.2 Å². The molecule has 188 valence electrons. The van der Waals surface area contributed by atoms with E-state index < -0.39 is 10.0 Å². The predicted octanol–water partition coefficient (Wildman–Crippen LogP) is 6.30. The van der Waals surface area contributed by atoms with Crippen molar-refractivity contribution in [2.45, 2.75) is 51.3 Å². The first kappa shape index (κ1) is 24.7. The zero-order valence-electron chi connectivity index (χ0n) is 20.6. The number of fused-ring (bicyclic) bond motifs is 1. The molecule has 3 heterocycles. The number of aryl methyl sites for hydroxylation is 3. The highest BCUT2D eigenvalue weighted by atomic mass is 32.2. The lowest BCUT2D eigenvalue weighted by Gasteiger charge is -2.19. The van der Waals surface area contributed by atoms with Crippen molar-refractivity contribution < 1.29 is 17.6 Å². The number of amides is 1. The quantitative estimate of drug-likeness (QED) is 0.331. The van der Waals surface area contributed by atoms with E-state index >= 15 is 0 Å². The Kier molecular flexibility index (Phi) is 6.72. The van der Waals surface area contributed by atoms with Gasteiger partial charge in [0.15, 0.2) is 10.9 Å². The van der Waals surface area contributed by atoms with Crippen LogP contribution in [0.5, 0.6) is 0 Å². The SMILES string of the molecule is Cc1cc2oc(C(=O)Nc3nc(-c4ccc(S(=O)(=O)N5CCCCCC5)cc4)cs3)c(C)c2cc1C. The number of nitrogens with one attached hydrogen (secondary N) is 1. The Morgan fingerprint density at radius 3 is 2.36 bits per heavy atom. The summed E-state index contributed by atoms with van der Waals surface area (Å²) in [4.78, 5) is 17.8. The second kappa shape index (κ2) is 9.80. The van der Waals surface area contributed by atoms with Gasteiger partial charge in [0, 0.05) is 35.0 Å². The van der Waals surface area contributed by atoms with Gasteiger partial charge >= 0.3 is 0 Å². The Balaban J connectivity index is 1.32. The Bertz CT molecular complexity index is 1530. The predicted molar refractivity (Wildman–Crippen MR) is 143 cm³/mol. The summed E-state index contributed by atoms with van der Waals surface area (Å²) < 4.78 is 33.5. The van der Waals surface area contributed by atoms with Gasteiger partial charge < -0.3 is 4.42 Å². The highest BCUT2D eigenvalue weighted by Crippen LogP contribution is 2.30. The molecule has 1 aliphatic rings. The minimum atomic E-state index is -3.50. The van der Waals surface area contributed by atoms with E-state index in [2.05, 4.69) is 10.3 Å². The molecule has 0 saturated carbocycles. The van der Waals surface area contributed by atoms with Gasteiger partial charge in [0.2, 0.25) is 10.0 Å². The van der Waals surface area contributed by atoms with Crippen LogP contribution in [0.2, 0.25) is 0 Å². The van der Waals surface area contributed by atoms with Crippen molar-refractivity contribution in [3.05, 3.63) is 64.2 Å². The van der Waals surface area contributed by atoms with Crippen LogP contribution in [0.25, 0.3) is 22.2 Å². The Morgan fingerprint density at radius 2 is 1.67 bits per heavy atom. The third-order valence-electron chi connectivity index (χ3n) is 6.84. The molecular weight excluding hydrogens is 494 g/mol. The normalized spacial score (nSPS) is 15.2. The fraction of sp³-hybridized carbons (Fsp3) is 0.333. The number of benzene rings is 2. The number of sulfonamides is 1. The molecule has 0 spiro atoms. The molecule has 0 atom stereocenters. The van der Waals surface area contributed by atoms with E-state index in [0.717, 1.165) is 53.3 Å². The highest BCUT2D eigenvalue weighted by Gasteiger charge is 2.25. The van der Waals surface area contributed by atoms with Gasteiger partial charge in [-0.25, -0.2) is 13.4 Å². The van der Waals surface area contributed by atoms with Crippen LogP contribution in [0.1, 0.15) is 52.9 Å². The number of rotatable bonds is 5. The van der Waals surface area contributed by atoms with Gasteiger partial charge in [-0.05, 0) is 69.0 Å². The number of hydrogen-bond donors (Lipinski definition) is 1. The van der Waals surface area contributed by atoms with Crippen LogP contribution in [0.4, 0.5) is 5.13 Å². The molecule has 0 bridgehead atoms. The Morgan fingerprint density at radius 1 is 1.00 bits per heavy atom. The molecule has 1 aliphatic heterocycles. The van der Waals surface area contributed by atoms with E-state index in [1.165, 1.54) is 11.3 Å². The maximum Gasteiger partial charge on any atom is 0.293 e. The number of hydrogen-bond acceptors (Lipinski definition) is 6. The second-order valence-corrected chi connectivity index (χ2v) is 12.1. The van der Waals surface area contributed by atoms with Gasteiger partial charge in [-0.15, -0.1) is 11.3 Å². The fourth-order valence-electron chi connectivity index (χ4n) is 4.54. The first-order valence-corrected chi connectivity index (χ1v) is 14.4. The van der Waals surface area contributed by atoms with Crippen molar-refractivity contribution in [1.82, 2.24) is 9.29 Å². The number of anilines is 1. The maximum atomic E-state index is 13.0. The van der Waals surface area contributed by atoms with Crippen molar-refractivity contribution in [3.8, 4) is 11.3 Å². The van der Waals surface area contributed by atoms with E-state index in [4.69, 9.17) is 4.42 Å². The Labute approximate surface area is 215 Å². The van der Waals surface area contributed by atoms with Gasteiger partial charge in [-0.3, -0.25) is 10.1 Å². The van der Waals surface area contributed by atoms with Gasteiger partial charge in [0.25, 0.3) is 5.91 Å². The standard InChI is InChI=1S/C27H29N3O4S2/c1-17-14-22-19(3)25(34-24(22)15-18(17)2)26(31)29-27-28-23(16-35-27)20-8-10-21(11-9-20)36(32,33)30-12-6-4-5-7-13-30/h8-11,14-16H,4-7,12-13H2,1-3H3,(H,28,29,31). The number of carbonyl (C=O) groups is 1. The summed E-state index contributed by atoms with van der Waals surface area (Å²) in [6.07, 6.45) is 3.95. The first-order valence-electron chi connectivity index (χ1n) is 12.1. The largest absolute Gasteiger partial charge is 0.451 e. The molecule has 1 amide bonds. The van der Waals surface area contributed by atoms with E-state index in [1.807, 2.05) is 38.3 Å². The number of nitrogens with zero attached hydrogens (tertiary/aromatic N) is 2. The lowest BCUT2D eigenvalue weighted by atomic mass is 10.1. The van der Waals surface area contributed by atoms with Crippen LogP contribution in [0, 0.1) is 20.8 Å². The molecule has 1 saturated heterocycles. The van der Waals surface area contributed by atoms with Crippen LogP contribution < -0.4 is 5.32 Å². The summed E-state index contributed by atoms with van der Waals surface area (Å²) in [5.74, 6) is -0.0754. The molecule has 2 aromatic heterocycles. The summed E-state index contributed by atoms with van der Waals surface area (Å²) in [5.41, 5.74) is 5.19. The summed E-state index contributed by atoms with van der Waals surface area (Å²) in [6, 6.07) is 10.8. The van der Waals surface area contributed by atoms with Crippen molar-refractivity contribution >= 4 is 43.4 Å². The molecule has 0 aliphatic carbocycles. The summed E-state index contributed by atoms with van der Waals surface area (Å²) in [5, 5.41) is 6.05. The number of thiazole rings is 1. The molecule has 7 nitrogen and oxygen atoms in total. The zero-order chi connectivity index (χ0) is 25.4. The maximum absolute atomic E-state index is 13.0. The lowest BCUT2D eigenvalue weighted by Crippen LogP contribution is -2.31. The van der Waals surface area contributed by atoms with Crippen LogP contribution in [-0.2, 0) is 10.0 Å². The van der Waals surface area contributed by atoms with Crippen LogP contribution in [0.3, 0.4) is 0 Å². The van der Waals surface area contributed by atoms with E-state index in [0.29, 0.717) is 34.4 Å². The summed E-state index contributed by atoms with van der Waals surface area (Å²) in [6.45, 7) is 7.08. The molecule has 4 aromatic rings. The van der Waals surface area contributed by atoms with Gasteiger partial charge in [0.05, 0.1) is 10.6 Å².